The van der Waals surface area contributed by atoms with Crippen LogP contribution in [0.15, 0.2) is 11.1 Å². The first-order valence-corrected chi connectivity index (χ1v) is 5.01. The zero-order valence-corrected chi connectivity index (χ0v) is 8.64. The van der Waals surface area contributed by atoms with Gasteiger partial charge in [0, 0.05) is 6.54 Å². The van der Waals surface area contributed by atoms with Gasteiger partial charge in [-0.1, -0.05) is 33.1 Å². The fourth-order valence-electron chi connectivity index (χ4n) is 1.14. The highest BCUT2D eigenvalue weighted by Crippen LogP contribution is 2.11. The summed E-state index contributed by atoms with van der Waals surface area (Å²) in [6.45, 7) is 7.44. The second kappa shape index (κ2) is 8.55. The number of nitrogens with zero attached hydrogens (tertiary/aromatic N) is 1. The van der Waals surface area contributed by atoms with E-state index in [2.05, 4.69) is 24.7 Å². The van der Waals surface area contributed by atoms with E-state index in [1.807, 2.05) is 13.0 Å². The summed E-state index contributed by atoms with van der Waals surface area (Å²) in [5.74, 6) is 3.69. The third-order valence-corrected chi connectivity index (χ3v) is 2.00. The maximum Gasteiger partial charge on any atom is 0.0486 e. The number of hydrogen-bond acceptors (Lipinski definition) is 1. The van der Waals surface area contributed by atoms with Gasteiger partial charge < -0.3 is 0 Å². The van der Waals surface area contributed by atoms with Crippen LogP contribution in [0.2, 0.25) is 0 Å². The Labute approximate surface area is 76.6 Å². The Bertz CT molecular complexity index is 143. The van der Waals surface area contributed by atoms with E-state index in [4.69, 9.17) is 0 Å². The van der Waals surface area contributed by atoms with Crippen molar-refractivity contribution in [1.82, 2.24) is 0 Å². The number of hydrogen-bond donors (Lipinski definition) is 0. The third-order valence-electron chi connectivity index (χ3n) is 2.00. The second-order valence-corrected chi connectivity index (χ2v) is 3.34. The molecule has 1 atom stereocenters. The van der Waals surface area contributed by atoms with E-state index >= 15 is 0 Å². The zero-order chi connectivity index (χ0) is 9.23. The summed E-state index contributed by atoms with van der Waals surface area (Å²) in [5, 5.41) is 0. The van der Waals surface area contributed by atoms with Gasteiger partial charge in [0.25, 0.3) is 0 Å². The monoisotopic (exact) mass is 167 g/mol. The van der Waals surface area contributed by atoms with Crippen molar-refractivity contribution in [3.63, 3.8) is 0 Å². The lowest BCUT2D eigenvalue weighted by atomic mass is 10.0. The standard InChI is InChI=1S/C11H21N/c1-4-6-7-11(3)8-10-12-9-5-2/h5,11H,4,6-8,10H2,1-3H3. The maximum atomic E-state index is 4.13. The largest absolute Gasteiger partial charge is 0.243 e. The molecular formula is C11H21N. The normalized spacial score (nSPS) is 11.9. The van der Waals surface area contributed by atoms with Gasteiger partial charge in [0.15, 0.2) is 0 Å². The van der Waals surface area contributed by atoms with Crippen LogP contribution in [0.1, 0.15) is 46.5 Å². The predicted octanol–water partition coefficient (Wildman–Crippen LogP) is 3.45. The molecule has 0 spiro atoms. The topological polar surface area (TPSA) is 12.4 Å². The van der Waals surface area contributed by atoms with Crippen LogP contribution in [0.5, 0.6) is 0 Å². The van der Waals surface area contributed by atoms with E-state index in [0.717, 1.165) is 12.5 Å². The Morgan fingerprint density at radius 1 is 1.42 bits per heavy atom. The molecule has 1 heteroatoms. The highest BCUT2D eigenvalue weighted by atomic mass is 14.7. The van der Waals surface area contributed by atoms with Gasteiger partial charge in [0.1, 0.15) is 0 Å². The lowest BCUT2D eigenvalue weighted by Crippen LogP contribution is -1.96. The molecule has 0 aromatic carbocycles. The van der Waals surface area contributed by atoms with Crippen molar-refractivity contribution in [1.29, 1.82) is 0 Å². The third kappa shape index (κ3) is 7.56. The SMILES string of the molecule is CC=C=NCCC(C)CCCC. The van der Waals surface area contributed by atoms with Crippen LogP contribution in [0.3, 0.4) is 0 Å². The molecule has 0 bridgehead atoms. The molecule has 0 heterocycles. The lowest BCUT2D eigenvalue weighted by molar-refractivity contribution is 0.479. The smallest absolute Gasteiger partial charge is 0.0486 e. The van der Waals surface area contributed by atoms with Gasteiger partial charge in [-0.3, -0.25) is 0 Å². The molecule has 1 nitrogen and oxygen atoms in total. The fourth-order valence-corrected chi connectivity index (χ4v) is 1.14. The molecule has 0 radical (unpaired) electrons. The van der Waals surface area contributed by atoms with E-state index in [9.17, 15) is 0 Å². The van der Waals surface area contributed by atoms with E-state index in [-0.39, 0.29) is 0 Å². The van der Waals surface area contributed by atoms with Gasteiger partial charge in [-0.05, 0) is 31.2 Å². The molecule has 0 aromatic rings. The van der Waals surface area contributed by atoms with Gasteiger partial charge >= 0.3 is 0 Å². The summed E-state index contributed by atoms with van der Waals surface area (Å²) in [7, 11) is 0. The lowest BCUT2D eigenvalue weighted by Gasteiger charge is -2.06. The first-order valence-electron chi connectivity index (χ1n) is 5.01. The molecule has 0 saturated heterocycles. The number of unbranched alkanes of at least 4 members (excludes halogenated alkanes) is 1. The number of allylic oxidation sites excluding steroid dienone is 1. The summed E-state index contributed by atoms with van der Waals surface area (Å²) in [4.78, 5) is 4.13. The number of aliphatic imine (C=N–C) groups is 1. The summed E-state index contributed by atoms with van der Waals surface area (Å²) < 4.78 is 0. The van der Waals surface area contributed by atoms with Gasteiger partial charge in [-0.2, -0.15) is 0 Å². The van der Waals surface area contributed by atoms with E-state index in [1.165, 1.54) is 25.7 Å². The summed E-state index contributed by atoms with van der Waals surface area (Å²) in [6.07, 6.45) is 7.08. The van der Waals surface area contributed by atoms with Crippen molar-refractivity contribution in [2.75, 3.05) is 6.54 Å². The van der Waals surface area contributed by atoms with Crippen molar-refractivity contribution in [3.05, 3.63) is 6.08 Å². The Morgan fingerprint density at radius 3 is 2.75 bits per heavy atom. The minimum atomic E-state index is 0.826. The molecule has 12 heavy (non-hydrogen) atoms. The van der Waals surface area contributed by atoms with E-state index in [1.54, 1.807) is 0 Å². The molecule has 0 rings (SSSR count). The average Bonchev–Trinajstić information content (AvgIpc) is 2.09. The van der Waals surface area contributed by atoms with Crippen molar-refractivity contribution < 1.29 is 0 Å². The Balaban J connectivity index is 3.30. The maximum absolute atomic E-state index is 4.13. The van der Waals surface area contributed by atoms with Crippen LogP contribution in [-0.4, -0.2) is 12.4 Å². The molecule has 1 unspecified atom stereocenters. The molecule has 0 N–H and O–H groups in total. The average molecular weight is 167 g/mol. The Kier molecular flexibility index (Phi) is 8.15. The van der Waals surface area contributed by atoms with Crippen LogP contribution in [0.4, 0.5) is 0 Å². The van der Waals surface area contributed by atoms with Crippen LogP contribution in [-0.2, 0) is 0 Å². The van der Waals surface area contributed by atoms with Crippen LogP contribution in [0, 0.1) is 5.92 Å². The fraction of sp³-hybridized carbons (Fsp3) is 0.818. The number of rotatable bonds is 6. The highest BCUT2D eigenvalue weighted by Gasteiger charge is 1.98. The minimum Gasteiger partial charge on any atom is -0.243 e. The van der Waals surface area contributed by atoms with Crippen molar-refractivity contribution in [2.24, 2.45) is 10.9 Å². The summed E-state index contributed by atoms with van der Waals surface area (Å²) >= 11 is 0. The quantitative estimate of drug-likeness (QED) is 0.537. The molecule has 0 fully saturated rings. The predicted molar refractivity (Wildman–Crippen MR) is 55.9 cm³/mol. The minimum absolute atomic E-state index is 0.826. The molecule has 70 valence electrons. The first kappa shape index (κ1) is 11.4. The van der Waals surface area contributed by atoms with Gasteiger partial charge in [-0.15, -0.1) is 0 Å². The van der Waals surface area contributed by atoms with Crippen LogP contribution < -0.4 is 0 Å². The second-order valence-electron chi connectivity index (χ2n) is 3.34. The first-order chi connectivity index (χ1) is 5.81. The van der Waals surface area contributed by atoms with Crippen molar-refractivity contribution in [3.8, 4) is 0 Å². The van der Waals surface area contributed by atoms with Crippen LogP contribution in [0.25, 0.3) is 0 Å². The highest BCUT2D eigenvalue weighted by molar-refractivity contribution is 5.50. The van der Waals surface area contributed by atoms with Crippen LogP contribution >= 0.6 is 0 Å². The molecule has 0 aliphatic carbocycles. The molecule has 0 aliphatic rings. The van der Waals surface area contributed by atoms with Crippen molar-refractivity contribution in [2.45, 2.75) is 46.5 Å². The summed E-state index contributed by atoms with van der Waals surface area (Å²) in [6, 6.07) is 0. The molecule has 0 amide bonds. The molecule has 0 aromatic heterocycles. The van der Waals surface area contributed by atoms with E-state index < -0.39 is 0 Å². The van der Waals surface area contributed by atoms with Gasteiger partial charge in [0.2, 0.25) is 0 Å². The Morgan fingerprint density at radius 2 is 2.17 bits per heavy atom. The zero-order valence-electron chi connectivity index (χ0n) is 8.64. The van der Waals surface area contributed by atoms with Crippen molar-refractivity contribution >= 4 is 5.87 Å². The Hall–Kier alpha value is -0.550. The molecular weight excluding hydrogens is 146 g/mol. The summed E-state index contributed by atoms with van der Waals surface area (Å²) in [5.41, 5.74) is 0. The van der Waals surface area contributed by atoms with Gasteiger partial charge in [-0.25, -0.2) is 4.99 Å². The van der Waals surface area contributed by atoms with E-state index in [0.29, 0.717) is 0 Å². The molecule has 0 aliphatic heterocycles. The van der Waals surface area contributed by atoms with Gasteiger partial charge in [0.05, 0.1) is 0 Å². The molecule has 0 saturated carbocycles.